The van der Waals surface area contributed by atoms with Gasteiger partial charge in [-0.3, -0.25) is 4.90 Å². The molecule has 1 fully saturated rings. The van der Waals surface area contributed by atoms with Crippen LogP contribution in [0, 0.1) is 0 Å². The van der Waals surface area contributed by atoms with Gasteiger partial charge in [0.15, 0.2) is 0 Å². The molecule has 5 heteroatoms. The van der Waals surface area contributed by atoms with Crippen molar-refractivity contribution in [2.45, 2.75) is 45.8 Å². The SMILES string of the molecule is C[C@@H]1CN(Cc2cccc(NCc3ccc(CO)o3)c2)C[C@H](C)O1. The van der Waals surface area contributed by atoms with Crippen LogP contribution in [0.3, 0.4) is 0 Å². The Morgan fingerprint density at radius 2 is 1.88 bits per heavy atom. The molecule has 2 atom stereocenters. The third-order valence-electron chi connectivity index (χ3n) is 4.17. The van der Waals surface area contributed by atoms with Crippen LogP contribution in [0.15, 0.2) is 40.8 Å². The third-order valence-corrected chi connectivity index (χ3v) is 4.17. The number of morpholine rings is 1. The van der Waals surface area contributed by atoms with Gasteiger partial charge in [-0.1, -0.05) is 12.1 Å². The maximum Gasteiger partial charge on any atom is 0.129 e. The summed E-state index contributed by atoms with van der Waals surface area (Å²) in [6.45, 7) is 7.68. The van der Waals surface area contributed by atoms with Gasteiger partial charge < -0.3 is 19.6 Å². The van der Waals surface area contributed by atoms with Gasteiger partial charge in [0, 0.05) is 25.3 Å². The van der Waals surface area contributed by atoms with Crippen LogP contribution in [0.1, 0.15) is 30.9 Å². The molecule has 0 bridgehead atoms. The van der Waals surface area contributed by atoms with Crippen molar-refractivity contribution in [3.05, 3.63) is 53.5 Å². The molecule has 1 aliphatic rings. The summed E-state index contributed by atoms with van der Waals surface area (Å²) in [6.07, 6.45) is 0.574. The third kappa shape index (κ3) is 4.60. The molecule has 130 valence electrons. The van der Waals surface area contributed by atoms with Crippen LogP contribution in [0.5, 0.6) is 0 Å². The molecule has 0 spiro atoms. The summed E-state index contributed by atoms with van der Waals surface area (Å²) in [6, 6.07) is 12.2. The number of furan rings is 1. The lowest BCUT2D eigenvalue weighted by Crippen LogP contribution is -2.44. The van der Waals surface area contributed by atoms with Crippen LogP contribution in [-0.2, 0) is 24.4 Å². The van der Waals surface area contributed by atoms with E-state index in [-0.39, 0.29) is 18.8 Å². The summed E-state index contributed by atoms with van der Waals surface area (Å²) in [5.41, 5.74) is 2.36. The van der Waals surface area contributed by atoms with E-state index in [0.29, 0.717) is 12.3 Å². The Hall–Kier alpha value is -1.82. The van der Waals surface area contributed by atoms with Crippen LogP contribution >= 0.6 is 0 Å². The highest BCUT2D eigenvalue weighted by atomic mass is 16.5. The molecule has 2 N–H and O–H groups in total. The lowest BCUT2D eigenvalue weighted by atomic mass is 10.1. The fourth-order valence-electron chi connectivity index (χ4n) is 3.24. The van der Waals surface area contributed by atoms with Crippen molar-refractivity contribution >= 4 is 5.69 Å². The standard InChI is InChI=1S/C19H26N2O3/c1-14-10-21(11-15(2)23-14)12-16-4-3-5-17(8-16)20-9-18-6-7-19(13-22)24-18/h3-8,14-15,20,22H,9-13H2,1-2H3/t14-,15+. The highest BCUT2D eigenvalue weighted by Gasteiger charge is 2.21. The lowest BCUT2D eigenvalue weighted by molar-refractivity contribution is -0.0704. The Kier molecular flexibility index (Phi) is 5.56. The number of nitrogens with zero attached hydrogens (tertiary/aromatic N) is 1. The highest BCUT2D eigenvalue weighted by molar-refractivity contribution is 5.45. The van der Waals surface area contributed by atoms with Crippen molar-refractivity contribution in [3.8, 4) is 0 Å². The molecule has 0 saturated carbocycles. The number of benzene rings is 1. The van der Waals surface area contributed by atoms with Crippen molar-refractivity contribution in [1.82, 2.24) is 4.90 Å². The van der Waals surface area contributed by atoms with E-state index in [2.05, 4.69) is 48.3 Å². The molecule has 24 heavy (non-hydrogen) atoms. The van der Waals surface area contributed by atoms with E-state index >= 15 is 0 Å². The molecule has 2 heterocycles. The Labute approximate surface area is 143 Å². The molecule has 0 amide bonds. The molecule has 0 aliphatic carbocycles. The molecule has 0 unspecified atom stereocenters. The number of nitrogens with one attached hydrogen (secondary N) is 1. The van der Waals surface area contributed by atoms with E-state index in [0.717, 1.165) is 31.1 Å². The average Bonchev–Trinajstić information content (AvgIpc) is 3.00. The molecule has 1 aliphatic heterocycles. The van der Waals surface area contributed by atoms with Gasteiger partial charge in [-0.2, -0.15) is 0 Å². The minimum Gasteiger partial charge on any atom is -0.462 e. The molecule has 2 aromatic rings. The van der Waals surface area contributed by atoms with E-state index in [1.165, 1.54) is 5.56 Å². The average molecular weight is 330 g/mol. The summed E-state index contributed by atoms with van der Waals surface area (Å²) < 4.78 is 11.3. The zero-order valence-electron chi connectivity index (χ0n) is 14.4. The molecule has 0 radical (unpaired) electrons. The summed E-state index contributed by atoms with van der Waals surface area (Å²) in [5, 5.41) is 12.4. The van der Waals surface area contributed by atoms with Gasteiger partial charge in [0.25, 0.3) is 0 Å². The van der Waals surface area contributed by atoms with E-state index in [4.69, 9.17) is 14.3 Å². The predicted octanol–water partition coefficient (Wildman–Crippen LogP) is 2.99. The first-order chi connectivity index (χ1) is 11.6. The molecular formula is C19H26N2O3. The van der Waals surface area contributed by atoms with Crippen LogP contribution < -0.4 is 5.32 Å². The smallest absolute Gasteiger partial charge is 0.129 e. The quantitative estimate of drug-likeness (QED) is 0.853. The zero-order valence-corrected chi connectivity index (χ0v) is 14.4. The van der Waals surface area contributed by atoms with Crippen LogP contribution in [0.4, 0.5) is 5.69 Å². The van der Waals surface area contributed by atoms with Gasteiger partial charge >= 0.3 is 0 Å². The van der Waals surface area contributed by atoms with Gasteiger partial charge in [-0.05, 0) is 43.7 Å². The topological polar surface area (TPSA) is 57.9 Å². The number of anilines is 1. The largest absolute Gasteiger partial charge is 0.462 e. The monoisotopic (exact) mass is 330 g/mol. The molecule has 3 rings (SSSR count). The fourth-order valence-corrected chi connectivity index (χ4v) is 3.24. The van der Waals surface area contributed by atoms with Crippen molar-refractivity contribution in [3.63, 3.8) is 0 Å². The minimum absolute atomic E-state index is 0.0636. The Morgan fingerprint density at radius 3 is 2.58 bits per heavy atom. The summed E-state index contributed by atoms with van der Waals surface area (Å²) in [7, 11) is 0. The van der Waals surface area contributed by atoms with E-state index in [9.17, 15) is 0 Å². The van der Waals surface area contributed by atoms with E-state index < -0.39 is 0 Å². The van der Waals surface area contributed by atoms with E-state index in [1.54, 1.807) is 6.07 Å². The maximum atomic E-state index is 9.04. The first-order valence-corrected chi connectivity index (χ1v) is 8.51. The minimum atomic E-state index is -0.0636. The van der Waals surface area contributed by atoms with Crippen LogP contribution in [0.2, 0.25) is 0 Å². The Bertz CT molecular complexity index is 646. The predicted molar refractivity (Wildman–Crippen MR) is 93.7 cm³/mol. The van der Waals surface area contributed by atoms with Gasteiger partial charge in [0.05, 0.1) is 18.8 Å². The van der Waals surface area contributed by atoms with Crippen molar-refractivity contribution in [1.29, 1.82) is 0 Å². The normalized spacial score (nSPS) is 21.8. The van der Waals surface area contributed by atoms with Crippen LogP contribution in [-0.4, -0.2) is 35.3 Å². The van der Waals surface area contributed by atoms with Gasteiger partial charge in [-0.25, -0.2) is 0 Å². The summed E-state index contributed by atoms with van der Waals surface area (Å²) in [5.74, 6) is 1.41. The maximum absolute atomic E-state index is 9.04. The second-order valence-electron chi connectivity index (χ2n) is 6.53. The van der Waals surface area contributed by atoms with Crippen molar-refractivity contribution in [2.75, 3.05) is 18.4 Å². The second kappa shape index (κ2) is 7.83. The summed E-state index contributed by atoms with van der Waals surface area (Å²) in [4.78, 5) is 2.44. The Morgan fingerprint density at radius 1 is 1.12 bits per heavy atom. The number of hydrogen-bond acceptors (Lipinski definition) is 5. The summed E-state index contributed by atoms with van der Waals surface area (Å²) >= 11 is 0. The first kappa shape index (κ1) is 17.0. The van der Waals surface area contributed by atoms with Crippen molar-refractivity contribution < 1.29 is 14.3 Å². The number of aliphatic hydroxyl groups is 1. The number of ether oxygens (including phenoxy) is 1. The second-order valence-corrected chi connectivity index (χ2v) is 6.53. The van der Waals surface area contributed by atoms with Gasteiger partial charge in [0.2, 0.25) is 0 Å². The molecule has 5 nitrogen and oxygen atoms in total. The van der Waals surface area contributed by atoms with Crippen LogP contribution in [0.25, 0.3) is 0 Å². The highest BCUT2D eigenvalue weighted by Crippen LogP contribution is 2.18. The van der Waals surface area contributed by atoms with E-state index in [1.807, 2.05) is 6.07 Å². The number of aliphatic hydroxyl groups excluding tert-OH is 1. The molecular weight excluding hydrogens is 304 g/mol. The lowest BCUT2D eigenvalue weighted by Gasteiger charge is -2.35. The van der Waals surface area contributed by atoms with Gasteiger partial charge in [0.1, 0.15) is 18.1 Å². The Balaban J connectivity index is 1.57. The molecule has 1 aromatic carbocycles. The molecule has 1 aromatic heterocycles. The molecule has 1 saturated heterocycles. The van der Waals surface area contributed by atoms with Gasteiger partial charge in [-0.15, -0.1) is 0 Å². The fraction of sp³-hybridized carbons (Fsp3) is 0.474. The first-order valence-electron chi connectivity index (χ1n) is 8.51. The number of hydrogen-bond donors (Lipinski definition) is 2. The number of rotatable bonds is 6. The van der Waals surface area contributed by atoms with Crippen molar-refractivity contribution in [2.24, 2.45) is 0 Å². The zero-order chi connectivity index (χ0) is 16.9.